The third kappa shape index (κ3) is 3.50. The fourth-order valence-corrected chi connectivity index (χ4v) is 2.53. The molecule has 1 N–H and O–H groups in total. The minimum absolute atomic E-state index is 0.0712. The molecule has 1 atom stereocenters. The van der Waals surface area contributed by atoms with Crippen molar-refractivity contribution in [3.63, 3.8) is 0 Å². The van der Waals surface area contributed by atoms with Gasteiger partial charge in [-0.05, 0) is 12.8 Å². The Labute approximate surface area is 120 Å². The van der Waals surface area contributed by atoms with Gasteiger partial charge in [0.15, 0.2) is 0 Å². The molecule has 0 aromatic carbocycles. The van der Waals surface area contributed by atoms with Gasteiger partial charge in [0.2, 0.25) is 0 Å². The second-order valence-corrected chi connectivity index (χ2v) is 6.45. The molecule has 0 radical (unpaired) electrons. The summed E-state index contributed by atoms with van der Waals surface area (Å²) in [6.07, 6.45) is 5.16. The number of nitrogens with zero attached hydrogens (tertiary/aromatic N) is 1. The number of carbonyl (C=O) groups is 2. The average Bonchev–Trinajstić information content (AvgIpc) is 2.35. The molecule has 20 heavy (non-hydrogen) atoms. The number of hydrogen-bond donors (Lipinski definition) is 1. The van der Waals surface area contributed by atoms with Crippen LogP contribution in [0.5, 0.6) is 0 Å². The van der Waals surface area contributed by atoms with Gasteiger partial charge in [-0.15, -0.1) is 0 Å². The maximum Gasteiger partial charge on any atom is 0.304 e. The van der Waals surface area contributed by atoms with Crippen LogP contribution >= 0.6 is 0 Å². The molecule has 112 valence electrons. The minimum atomic E-state index is -1.78. The minimum Gasteiger partial charge on any atom is -0.433 e. The summed E-state index contributed by atoms with van der Waals surface area (Å²) in [6, 6.07) is 1.99. The van der Waals surface area contributed by atoms with E-state index in [0.717, 1.165) is 25.7 Å². The molecule has 1 amide bonds. The van der Waals surface area contributed by atoms with Crippen LogP contribution in [0, 0.1) is 16.7 Å². The van der Waals surface area contributed by atoms with E-state index in [0.29, 0.717) is 0 Å². The van der Waals surface area contributed by atoms with E-state index in [1.54, 1.807) is 20.8 Å². The van der Waals surface area contributed by atoms with Gasteiger partial charge in [-0.25, -0.2) is 0 Å². The number of amides is 1. The Morgan fingerprint density at radius 3 is 2.15 bits per heavy atom. The highest BCUT2D eigenvalue weighted by molar-refractivity contribution is 5.91. The predicted octanol–water partition coefficient (Wildman–Crippen LogP) is 2.31. The summed E-state index contributed by atoms with van der Waals surface area (Å²) in [5.41, 5.74) is -2.58. The van der Waals surface area contributed by atoms with Crippen molar-refractivity contribution in [2.45, 2.75) is 71.4 Å². The predicted molar refractivity (Wildman–Crippen MR) is 74.6 cm³/mol. The number of nitrogens with one attached hydrogen (secondary N) is 1. The molecule has 0 aliphatic heterocycles. The first-order chi connectivity index (χ1) is 9.23. The van der Waals surface area contributed by atoms with Gasteiger partial charge in [0.25, 0.3) is 11.5 Å². The molecule has 0 bridgehead atoms. The molecule has 0 spiro atoms. The van der Waals surface area contributed by atoms with E-state index >= 15 is 0 Å². The molecule has 1 aliphatic rings. The lowest BCUT2D eigenvalue weighted by molar-refractivity contribution is -0.171. The van der Waals surface area contributed by atoms with E-state index < -0.39 is 22.9 Å². The Kier molecular flexibility index (Phi) is 5.15. The summed E-state index contributed by atoms with van der Waals surface area (Å²) in [5, 5.41) is 12.4. The molecule has 0 heterocycles. The molecule has 1 fully saturated rings. The van der Waals surface area contributed by atoms with E-state index in [-0.39, 0.29) is 6.04 Å². The Hall–Kier alpha value is -1.57. The van der Waals surface area contributed by atoms with Crippen molar-refractivity contribution in [1.29, 1.82) is 5.26 Å². The van der Waals surface area contributed by atoms with Gasteiger partial charge in [-0.3, -0.25) is 9.59 Å². The molecule has 5 heteroatoms. The highest BCUT2D eigenvalue weighted by atomic mass is 16.6. The number of nitriles is 1. The zero-order valence-electron chi connectivity index (χ0n) is 12.8. The first-order valence-corrected chi connectivity index (χ1v) is 7.15. The van der Waals surface area contributed by atoms with Crippen LogP contribution < -0.4 is 5.32 Å². The Morgan fingerprint density at radius 1 is 1.20 bits per heavy atom. The smallest absolute Gasteiger partial charge is 0.304 e. The molecule has 5 nitrogen and oxygen atoms in total. The Morgan fingerprint density at radius 2 is 1.75 bits per heavy atom. The standard InChI is InChI=1S/C15H24N2O3/c1-11(18)20-15(10-16,14(2,3)4)13(19)17-12-8-6-5-7-9-12/h12H,5-9H2,1-4H3,(H,17,19). The number of carbonyl (C=O) groups excluding carboxylic acids is 2. The topological polar surface area (TPSA) is 79.2 Å². The normalized spacial score (nSPS) is 19.6. The van der Waals surface area contributed by atoms with Gasteiger partial charge >= 0.3 is 5.97 Å². The van der Waals surface area contributed by atoms with Crippen molar-refractivity contribution in [2.24, 2.45) is 5.41 Å². The van der Waals surface area contributed by atoms with E-state index in [1.807, 2.05) is 6.07 Å². The maximum absolute atomic E-state index is 12.5. The van der Waals surface area contributed by atoms with E-state index in [1.165, 1.54) is 13.3 Å². The van der Waals surface area contributed by atoms with Gasteiger partial charge in [0.05, 0.1) is 0 Å². The Bertz CT molecular complexity index is 414. The van der Waals surface area contributed by atoms with Crippen LogP contribution in [0.15, 0.2) is 0 Å². The number of esters is 1. The van der Waals surface area contributed by atoms with Crippen LogP contribution in [0.25, 0.3) is 0 Å². The second kappa shape index (κ2) is 6.25. The fraction of sp³-hybridized carbons (Fsp3) is 0.800. The fourth-order valence-electron chi connectivity index (χ4n) is 2.53. The first-order valence-electron chi connectivity index (χ1n) is 7.15. The van der Waals surface area contributed by atoms with Crippen molar-refractivity contribution in [2.75, 3.05) is 0 Å². The van der Waals surface area contributed by atoms with E-state index in [4.69, 9.17) is 4.74 Å². The van der Waals surface area contributed by atoms with Crippen LogP contribution in [0.1, 0.15) is 59.8 Å². The lowest BCUT2D eigenvalue weighted by Gasteiger charge is -2.37. The quantitative estimate of drug-likeness (QED) is 0.804. The summed E-state index contributed by atoms with van der Waals surface area (Å²) < 4.78 is 5.14. The van der Waals surface area contributed by atoms with Gasteiger partial charge in [-0.2, -0.15) is 5.26 Å². The third-order valence-electron chi connectivity index (χ3n) is 3.77. The monoisotopic (exact) mass is 280 g/mol. The lowest BCUT2D eigenvalue weighted by Crippen LogP contribution is -2.58. The van der Waals surface area contributed by atoms with E-state index in [9.17, 15) is 14.9 Å². The van der Waals surface area contributed by atoms with Crippen LogP contribution in [0.3, 0.4) is 0 Å². The van der Waals surface area contributed by atoms with Gasteiger partial charge in [-0.1, -0.05) is 40.0 Å². The first kappa shape index (κ1) is 16.5. The average molecular weight is 280 g/mol. The summed E-state index contributed by atoms with van der Waals surface area (Å²) >= 11 is 0. The van der Waals surface area contributed by atoms with Gasteiger partial charge in [0.1, 0.15) is 6.07 Å². The molecule has 1 unspecified atom stereocenters. The van der Waals surface area contributed by atoms with Crippen molar-refractivity contribution >= 4 is 11.9 Å². The molecule has 1 saturated carbocycles. The molecule has 0 saturated heterocycles. The molecule has 1 aliphatic carbocycles. The van der Waals surface area contributed by atoms with Crippen molar-refractivity contribution in [1.82, 2.24) is 5.32 Å². The number of hydrogen-bond acceptors (Lipinski definition) is 4. The number of ether oxygens (including phenoxy) is 1. The van der Waals surface area contributed by atoms with Crippen LogP contribution in [-0.4, -0.2) is 23.5 Å². The zero-order valence-corrected chi connectivity index (χ0v) is 12.8. The zero-order chi connectivity index (χ0) is 15.4. The molecular weight excluding hydrogens is 256 g/mol. The van der Waals surface area contributed by atoms with Crippen LogP contribution in [-0.2, 0) is 14.3 Å². The van der Waals surface area contributed by atoms with Crippen LogP contribution in [0.4, 0.5) is 0 Å². The van der Waals surface area contributed by atoms with Crippen molar-refractivity contribution in [3.05, 3.63) is 0 Å². The molecule has 0 aromatic rings. The summed E-state index contributed by atoms with van der Waals surface area (Å²) in [6.45, 7) is 6.38. The lowest BCUT2D eigenvalue weighted by atomic mass is 9.76. The Balaban J connectivity index is 2.94. The third-order valence-corrected chi connectivity index (χ3v) is 3.77. The summed E-state index contributed by atoms with van der Waals surface area (Å²) in [7, 11) is 0. The SMILES string of the molecule is CC(=O)OC(C#N)(C(=O)NC1CCCCC1)C(C)(C)C. The summed E-state index contributed by atoms with van der Waals surface area (Å²) in [5.74, 6) is -1.13. The molecule has 1 rings (SSSR count). The van der Waals surface area contributed by atoms with E-state index in [2.05, 4.69) is 5.32 Å². The number of rotatable bonds is 3. The second-order valence-electron chi connectivity index (χ2n) is 6.45. The largest absolute Gasteiger partial charge is 0.433 e. The highest BCUT2D eigenvalue weighted by Crippen LogP contribution is 2.34. The van der Waals surface area contributed by atoms with Gasteiger partial charge in [0, 0.05) is 18.4 Å². The molecular formula is C15H24N2O3. The van der Waals surface area contributed by atoms with Crippen LogP contribution in [0.2, 0.25) is 0 Å². The highest BCUT2D eigenvalue weighted by Gasteiger charge is 2.53. The van der Waals surface area contributed by atoms with Gasteiger partial charge < -0.3 is 10.1 Å². The maximum atomic E-state index is 12.5. The molecule has 0 aromatic heterocycles. The van der Waals surface area contributed by atoms with Crippen molar-refractivity contribution < 1.29 is 14.3 Å². The summed E-state index contributed by atoms with van der Waals surface area (Å²) in [4.78, 5) is 23.8. The van der Waals surface area contributed by atoms with Crippen molar-refractivity contribution in [3.8, 4) is 6.07 Å².